The summed E-state index contributed by atoms with van der Waals surface area (Å²) in [6, 6.07) is -1.69. The minimum absolute atomic E-state index is 0.0547. The van der Waals surface area contributed by atoms with Crippen LogP contribution < -0.4 is 0 Å². The van der Waals surface area contributed by atoms with Gasteiger partial charge in [0.05, 0.1) is 26.2 Å². The lowest BCUT2D eigenvalue weighted by molar-refractivity contribution is -0.143. The summed E-state index contributed by atoms with van der Waals surface area (Å²) in [5, 5.41) is 43.2. The van der Waals surface area contributed by atoms with Crippen molar-refractivity contribution in [2.45, 2.75) is 64.4 Å². The van der Waals surface area contributed by atoms with Gasteiger partial charge in [0.1, 0.15) is 63.2 Å². The van der Waals surface area contributed by atoms with E-state index in [0.29, 0.717) is 0 Å². The van der Waals surface area contributed by atoms with Gasteiger partial charge >= 0.3 is 35.9 Å². The number of esters is 4. The molecule has 278 valence electrons. The number of hydrogen-bond acceptors (Lipinski definition) is 14. The summed E-state index contributed by atoms with van der Waals surface area (Å²) in [5.74, 6) is -3.22. The molecule has 2 aliphatic rings. The molecular weight excluding hydrogens is 664 g/mol. The third-order valence-electron chi connectivity index (χ3n) is 7.18. The number of aliphatic hydroxyl groups is 4. The van der Waals surface area contributed by atoms with E-state index < -0.39 is 125 Å². The first-order valence-corrected chi connectivity index (χ1v) is 15.4. The number of aliphatic hydroxyl groups excluding tert-OH is 4. The lowest BCUT2D eigenvalue weighted by Crippen LogP contribution is -2.52. The molecule has 0 radical (unpaired) electrons. The van der Waals surface area contributed by atoms with Crippen LogP contribution in [0.15, 0.2) is 48.6 Å². The van der Waals surface area contributed by atoms with Gasteiger partial charge < -0.3 is 39.4 Å². The number of fused-ring (bicyclic) bond motifs is 1. The Balaban J connectivity index is 2.49. The molecule has 2 heterocycles. The number of hydrogen-bond donors (Lipinski definition) is 4. The zero-order chi connectivity index (χ0) is 38.0. The van der Waals surface area contributed by atoms with E-state index in [2.05, 4.69) is 26.3 Å². The van der Waals surface area contributed by atoms with Crippen molar-refractivity contribution in [3.63, 3.8) is 0 Å². The monoisotopic (exact) mass is 710 g/mol. The van der Waals surface area contributed by atoms with Gasteiger partial charge in [0.2, 0.25) is 0 Å². The van der Waals surface area contributed by atoms with Gasteiger partial charge in [0, 0.05) is 22.3 Å². The van der Waals surface area contributed by atoms with E-state index in [4.69, 9.17) is 18.9 Å². The van der Waals surface area contributed by atoms with Gasteiger partial charge in [-0.3, -0.25) is 19.6 Å². The van der Waals surface area contributed by atoms with Crippen LogP contribution >= 0.6 is 0 Å². The normalized spacial score (nSPS) is 19.3. The third kappa shape index (κ3) is 11.1. The molecule has 2 aliphatic heterocycles. The van der Waals surface area contributed by atoms with Crippen molar-refractivity contribution in [3.8, 4) is 0 Å². The number of carbonyl (C=O) groups excluding carboxylic acids is 6. The second kappa shape index (κ2) is 18.3. The van der Waals surface area contributed by atoms with Crippen LogP contribution in [0.3, 0.4) is 0 Å². The largest absolute Gasteiger partial charge is 0.460 e. The Hall–Kier alpha value is -4.78. The van der Waals surface area contributed by atoms with E-state index in [1.807, 2.05) is 0 Å². The van der Waals surface area contributed by atoms with Crippen molar-refractivity contribution in [1.82, 2.24) is 19.6 Å². The number of nitrogens with zero attached hydrogens (tertiary/aromatic N) is 4. The molecular formula is C32H46N4O14. The zero-order valence-electron chi connectivity index (χ0n) is 28.6. The quantitative estimate of drug-likeness (QED) is 0.0677. The zero-order valence-corrected chi connectivity index (χ0v) is 28.6. The molecule has 2 rings (SSSR count). The molecule has 0 aromatic heterocycles. The van der Waals surface area contributed by atoms with Crippen LogP contribution in [0.25, 0.3) is 0 Å². The fourth-order valence-corrected chi connectivity index (χ4v) is 4.81. The molecule has 4 amide bonds. The van der Waals surface area contributed by atoms with Crippen LogP contribution in [0.5, 0.6) is 0 Å². The first kappa shape index (κ1) is 41.4. The maximum absolute atomic E-state index is 14.0. The van der Waals surface area contributed by atoms with Gasteiger partial charge in [-0.2, -0.15) is 0 Å². The van der Waals surface area contributed by atoms with E-state index in [-0.39, 0.29) is 22.3 Å². The van der Waals surface area contributed by atoms with E-state index in [1.54, 1.807) is 0 Å². The molecule has 0 spiro atoms. The van der Waals surface area contributed by atoms with Crippen molar-refractivity contribution in [2.24, 2.45) is 0 Å². The van der Waals surface area contributed by atoms with Crippen molar-refractivity contribution < 1.29 is 68.1 Å². The molecule has 2 fully saturated rings. The molecule has 50 heavy (non-hydrogen) atoms. The highest BCUT2D eigenvalue weighted by atomic mass is 16.6. The van der Waals surface area contributed by atoms with E-state index >= 15 is 0 Å². The average Bonchev–Trinajstić information content (AvgIpc) is 3.44. The van der Waals surface area contributed by atoms with Crippen LogP contribution in [0.4, 0.5) is 9.59 Å². The lowest BCUT2D eigenvalue weighted by atomic mass is 10.2. The molecule has 0 bridgehead atoms. The highest BCUT2D eigenvalue weighted by Gasteiger charge is 2.60. The second-order valence-electron chi connectivity index (χ2n) is 12.1. The SMILES string of the molecule is C=C(C)C(=O)OCC(O)CN1C(=O)N(CC(O)COC(=O)C(=C)C)C2C1N(CC(O)COC(=O)C(=C)C)C(=O)N2CC(O)COC(=O)C(=C)C. The van der Waals surface area contributed by atoms with Crippen LogP contribution in [-0.4, -0.2) is 165 Å². The number of β-amino-alcohol motifs (C(OH)–C–C–N with tert-alkyl or cyclic N) is 4. The first-order valence-electron chi connectivity index (χ1n) is 15.4. The first-order chi connectivity index (χ1) is 23.3. The Kier molecular flexibility index (Phi) is 15.1. The van der Waals surface area contributed by atoms with Crippen molar-refractivity contribution in [3.05, 3.63) is 48.6 Å². The number of carbonyl (C=O) groups is 6. The topological polar surface area (TPSA) is 233 Å². The Morgan fingerprint density at radius 2 is 0.680 bits per heavy atom. The minimum atomic E-state index is -1.50. The summed E-state index contributed by atoms with van der Waals surface area (Å²) in [7, 11) is 0. The standard InChI is InChI=1S/C32H46N4O14/c1-17(2)27(41)47-13-21(37)9-33-25-26(35(31(33)45)11-23(39)15-49-29(43)19(5)6)36(12-24(40)16-50-30(44)20(7)8)32(46)34(25)10-22(38)14-48-28(42)18(3)4/h21-26,37-40H,1,3,5,7,9-16H2,2,4,6,8H3. The summed E-state index contributed by atoms with van der Waals surface area (Å²) < 4.78 is 20.0. The van der Waals surface area contributed by atoms with Crippen molar-refractivity contribution in [2.75, 3.05) is 52.6 Å². The highest BCUT2D eigenvalue weighted by Crippen LogP contribution is 2.36. The Morgan fingerprint density at radius 3 is 0.840 bits per heavy atom. The van der Waals surface area contributed by atoms with E-state index in [9.17, 15) is 49.2 Å². The van der Waals surface area contributed by atoms with Gasteiger partial charge in [0.15, 0.2) is 0 Å². The maximum atomic E-state index is 14.0. The summed E-state index contributed by atoms with van der Waals surface area (Å²) in [6.07, 6.45) is -8.62. The smallest absolute Gasteiger partial charge is 0.333 e. The average molecular weight is 711 g/mol. The highest BCUT2D eigenvalue weighted by molar-refractivity contribution is 5.88. The number of ether oxygens (including phenoxy) is 4. The molecule has 4 atom stereocenters. The molecule has 18 heteroatoms. The predicted octanol–water partition coefficient (Wildman–Crippen LogP) is -0.965. The Morgan fingerprint density at radius 1 is 0.500 bits per heavy atom. The summed E-state index contributed by atoms with van der Waals surface area (Å²) in [6.45, 7) is 15.0. The fourth-order valence-electron chi connectivity index (χ4n) is 4.81. The number of rotatable bonds is 20. The van der Waals surface area contributed by atoms with Gasteiger partial charge in [-0.05, 0) is 27.7 Å². The predicted molar refractivity (Wildman–Crippen MR) is 172 cm³/mol. The van der Waals surface area contributed by atoms with Crippen molar-refractivity contribution >= 4 is 35.9 Å². The molecule has 0 aromatic rings. The molecule has 4 N–H and O–H groups in total. The molecule has 2 saturated heterocycles. The minimum Gasteiger partial charge on any atom is -0.460 e. The molecule has 18 nitrogen and oxygen atoms in total. The van der Waals surface area contributed by atoms with Crippen molar-refractivity contribution in [1.29, 1.82) is 0 Å². The number of amides is 4. The molecule has 0 saturated carbocycles. The summed E-state index contributed by atoms with van der Waals surface area (Å²) in [5.41, 5.74) is 0.219. The maximum Gasteiger partial charge on any atom is 0.333 e. The van der Waals surface area contributed by atoms with Gasteiger partial charge in [-0.1, -0.05) is 26.3 Å². The van der Waals surface area contributed by atoms with Gasteiger partial charge in [0.25, 0.3) is 0 Å². The van der Waals surface area contributed by atoms with E-state index in [1.165, 1.54) is 27.7 Å². The Bertz CT molecular complexity index is 1180. The molecule has 0 aromatic carbocycles. The number of urea groups is 2. The summed E-state index contributed by atoms with van der Waals surface area (Å²) >= 11 is 0. The second-order valence-corrected chi connectivity index (χ2v) is 12.1. The Labute approximate surface area is 289 Å². The van der Waals surface area contributed by atoms with Crippen LogP contribution in [0, 0.1) is 0 Å². The summed E-state index contributed by atoms with van der Waals surface area (Å²) in [4.78, 5) is 79.8. The van der Waals surface area contributed by atoms with Gasteiger partial charge in [-0.25, -0.2) is 28.8 Å². The lowest BCUT2D eigenvalue weighted by Gasteiger charge is -2.32. The van der Waals surface area contributed by atoms with Crippen LogP contribution in [0.2, 0.25) is 0 Å². The molecule has 4 unspecified atom stereocenters. The third-order valence-corrected chi connectivity index (χ3v) is 7.18. The van der Waals surface area contributed by atoms with Crippen LogP contribution in [-0.2, 0) is 38.1 Å². The van der Waals surface area contributed by atoms with Crippen LogP contribution in [0.1, 0.15) is 27.7 Å². The molecule has 0 aliphatic carbocycles. The fraction of sp³-hybridized carbons (Fsp3) is 0.562. The van der Waals surface area contributed by atoms with Gasteiger partial charge in [-0.15, -0.1) is 0 Å². The van der Waals surface area contributed by atoms with E-state index in [0.717, 1.165) is 19.6 Å².